The molecule has 0 atom stereocenters. The molecule has 1 aromatic rings. The Morgan fingerprint density at radius 2 is 2.14 bits per heavy atom. The molecule has 1 aromatic carbocycles. The average molecular weight is 288 g/mol. The van der Waals surface area contributed by atoms with E-state index in [1.165, 1.54) is 17.6 Å². The van der Waals surface area contributed by atoms with Crippen molar-refractivity contribution in [2.24, 2.45) is 0 Å². The van der Waals surface area contributed by atoms with Crippen LogP contribution in [0.3, 0.4) is 0 Å². The van der Waals surface area contributed by atoms with Gasteiger partial charge in [0.15, 0.2) is 5.60 Å². The topological polar surface area (TPSA) is 87.7 Å². The van der Waals surface area contributed by atoms with Crippen molar-refractivity contribution < 1.29 is 19.5 Å². The van der Waals surface area contributed by atoms with Crippen LogP contribution in [0.5, 0.6) is 5.75 Å². The lowest BCUT2D eigenvalue weighted by atomic mass is 9.86. The number of nitrogens with one attached hydrogen (secondary N) is 2. The summed E-state index contributed by atoms with van der Waals surface area (Å²) in [4.78, 5) is 23.6. The highest BCUT2D eigenvalue weighted by atomic mass is 16.5. The molecule has 1 spiro atoms. The number of hydrogen-bond donors (Lipinski definition) is 3. The van der Waals surface area contributed by atoms with Crippen molar-refractivity contribution in [3.05, 3.63) is 35.4 Å². The van der Waals surface area contributed by atoms with Crippen LogP contribution in [-0.2, 0) is 4.79 Å². The van der Waals surface area contributed by atoms with Crippen molar-refractivity contribution in [3.63, 3.8) is 0 Å². The fraction of sp³-hybridized carbons (Fsp3) is 0.333. The number of ether oxygens (including phenoxy) is 1. The molecule has 2 aliphatic rings. The fourth-order valence-corrected chi connectivity index (χ4v) is 2.79. The molecule has 0 unspecified atom stereocenters. The van der Waals surface area contributed by atoms with Gasteiger partial charge in [-0.3, -0.25) is 14.8 Å². The van der Waals surface area contributed by atoms with Gasteiger partial charge in [-0.15, -0.1) is 0 Å². The van der Waals surface area contributed by atoms with Gasteiger partial charge in [-0.2, -0.15) is 0 Å². The van der Waals surface area contributed by atoms with Crippen molar-refractivity contribution in [1.82, 2.24) is 10.8 Å². The molecule has 0 aromatic heterocycles. The molecule has 2 aliphatic heterocycles. The molecule has 6 nitrogen and oxygen atoms in total. The van der Waals surface area contributed by atoms with Gasteiger partial charge < -0.3 is 10.1 Å². The lowest BCUT2D eigenvalue weighted by molar-refractivity contribution is -0.124. The third-order valence-corrected chi connectivity index (χ3v) is 3.92. The van der Waals surface area contributed by atoms with E-state index in [4.69, 9.17) is 9.94 Å². The molecule has 2 heterocycles. The maximum atomic E-state index is 12.6. The number of carbonyl (C=O) groups is 2. The Balaban J connectivity index is 1.87. The first kappa shape index (κ1) is 13.8. The van der Waals surface area contributed by atoms with E-state index >= 15 is 0 Å². The van der Waals surface area contributed by atoms with E-state index in [0.717, 1.165) is 13.1 Å². The van der Waals surface area contributed by atoms with E-state index in [2.05, 4.69) is 5.32 Å². The van der Waals surface area contributed by atoms with Gasteiger partial charge in [0.25, 0.3) is 5.91 Å². The highest BCUT2D eigenvalue weighted by molar-refractivity contribution is 6.08. The molecular formula is C15H16N2O4. The zero-order valence-corrected chi connectivity index (χ0v) is 11.4. The maximum Gasteiger partial charge on any atom is 0.267 e. The van der Waals surface area contributed by atoms with E-state index in [1.54, 1.807) is 18.2 Å². The Labute approximate surface area is 121 Å². The molecule has 6 heteroatoms. The highest BCUT2D eigenvalue weighted by Gasteiger charge is 2.48. The van der Waals surface area contributed by atoms with Crippen molar-refractivity contribution in [1.29, 1.82) is 0 Å². The van der Waals surface area contributed by atoms with Crippen LogP contribution in [0.15, 0.2) is 24.3 Å². The standard InChI is InChI=1S/C15H16N2O4/c18-13(17-20)4-2-10-1-3-12-11(9-10)14(19)15(21-12)5-7-16-8-6-15/h1-4,9,16,20H,5-8H2,(H,17,18)/b4-2+. The number of fused-ring (bicyclic) bond motifs is 1. The van der Waals surface area contributed by atoms with Gasteiger partial charge in [-0.25, -0.2) is 5.48 Å². The molecule has 1 saturated heterocycles. The molecule has 1 amide bonds. The zero-order valence-electron chi connectivity index (χ0n) is 11.4. The van der Waals surface area contributed by atoms with Gasteiger partial charge in [-0.05, 0) is 36.9 Å². The number of carbonyl (C=O) groups excluding carboxylic acids is 2. The van der Waals surface area contributed by atoms with E-state index < -0.39 is 11.5 Å². The van der Waals surface area contributed by atoms with Gasteiger partial charge in [0.05, 0.1) is 5.56 Å². The van der Waals surface area contributed by atoms with Gasteiger partial charge in [0.1, 0.15) is 5.75 Å². The van der Waals surface area contributed by atoms with Gasteiger partial charge in [0.2, 0.25) is 5.78 Å². The molecular weight excluding hydrogens is 272 g/mol. The maximum absolute atomic E-state index is 12.6. The summed E-state index contributed by atoms with van der Waals surface area (Å²) in [5, 5.41) is 11.7. The predicted octanol–water partition coefficient (Wildman–Crippen LogP) is 0.902. The van der Waals surface area contributed by atoms with Crippen LogP contribution in [0, 0.1) is 0 Å². The summed E-state index contributed by atoms with van der Waals surface area (Å²) in [5.74, 6) is -0.000537. The van der Waals surface area contributed by atoms with Crippen LogP contribution in [-0.4, -0.2) is 35.6 Å². The first-order chi connectivity index (χ1) is 10.1. The zero-order chi connectivity index (χ0) is 14.9. The van der Waals surface area contributed by atoms with Crippen LogP contribution >= 0.6 is 0 Å². The Kier molecular flexibility index (Phi) is 3.48. The summed E-state index contributed by atoms with van der Waals surface area (Å²) in [6.45, 7) is 1.53. The lowest BCUT2D eigenvalue weighted by Crippen LogP contribution is -2.49. The minimum Gasteiger partial charge on any atom is -0.478 e. The molecule has 0 aliphatic carbocycles. The molecule has 21 heavy (non-hydrogen) atoms. The summed E-state index contributed by atoms with van der Waals surface area (Å²) in [5.41, 5.74) is 2.06. The minimum atomic E-state index is -0.724. The summed E-state index contributed by atoms with van der Waals surface area (Å²) in [6.07, 6.45) is 4.06. The number of hydrogen-bond acceptors (Lipinski definition) is 5. The third kappa shape index (κ3) is 2.43. The molecule has 0 radical (unpaired) electrons. The van der Waals surface area contributed by atoms with Crippen LogP contribution < -0.4 is 15.5 Å². The van der Waals surface area contributed by atoms with Crippen LogP contribution in [0.1, 0.15) is 28.8 Å². The Bertz CT molecular complexity index is 618. The quantitative estimate of drug-likeness (QED) is 0.427. The normalized spacial score (nSPS) is 19.6. The first-order valence-corrected chi connectivity index (χ1v) is 6.85. The number of hydroxylamine groups is 1. The molecule has 0 saturated carbocycles. The monoisotopic (exact) mass is 288 g/mol. The fourth-order valence-electron chi connectivity index (χ4n) is 2.79. The van der Waals surface area contributed by atoms with E-state index in [9.17, 15) is 9.59 Å². The summed E-state index contributed by atoms with van der Waals surface area (Å²) >= 11 is 0. The average Bonchev–Trinajstić information content (AvgIpc) is 2.78. The number of piperidine rings is 1. The SMILES string of the molecule is O=C(/C=C/c1ccc2c(c1)C(=O)C1(CCNCC1)O2)NO. The highest BCUT2D eigenvalue weighted by Crippen LogP contribution is 2.40. The first-order valence-electron chi connectivity index (χ1n) is 6.85. The Hall–Kier alpha value is -2.18. The molecule has 110 valence electrons. The number of ketones is 1. The summed E-state index contributed by atoms with van der Waals surface area (Å²) < 4.78 is 5.92. The van der Waals surface area contributed by atoms with Crippen LogP contribution in [0.4, 0.5) is 0 Å². The minimum absolute atomic E-state index is 0.0147. The Morgan fingerprint density at radius 1 is 1.38 bits per heavy atom. The Morgan fingerprint density at radius 3 is 2.86 bits per heavy atom. The lowest BCUT2D eigenvalue weighted by Gasteiger charge is -2.31. The van der Waals surface area contributed by atoms with Crippen LogP contribution in [0.2, 0.25) is 0 Å². The third-order valence-electron chi connectivity index (χ3n) is 3.92. The van der Waals surface area contributed by atoms with E-state index in [1.807, 2.05) is 0 Å². The summed E-state index contributed by atoms with van der Waals surface area (Å²) in [6, 6.07) is 5.24. The number of Topliss-reactive ketones (excluding diaryl/α,β-unsaturated/α-hetero) is 1. The van der Waals surface area contributed by atoms with Gasteiger partial charge in [0, 0.05) is 18.9 Å². The van der Waals surface area contributed by atoms with Gasteiger partial charge >= 0.3 is 0 Å². The van der Waals surface area contributed by atoms with Gasteiger partial charge in [-0.1, -0.05) is 6.07 Å². The van der Waals surface area contributed by atoms with Crippen molar-refractivity contribution in [3.8, 4) is 5.75 Å². The number of rotatable bonds is 2. The van der Waals surface area contributed by atoms with E-state index in [0.29, 0.717) is 29.7 Å². The molecule has 1 fully saturated rings. The second kappa shape index (κ2) is 5.31. The summed E-state index contributed by atoms with van der Waals surface area (Å²) in [7, 11) is 0. The van der Waals surface area contributed by atoms with Crippen molar-refractivity contribution >= 4 is 17.8 Å². The predicted molar refractivity (Wildman–Crippen MR) is 75.2 cm³/mol. The smallest absolute Gasteiger partial charge is 0.267 e. The largest absolute Gasteiger partial charge is 0.478 e. The molecule has 3 N–H and O–H groups in total. The van der Waals surface area contributed by atoms with Crippen LogP contribution in [0.25, 0.3) is 6.08 Å². The molecule has 0 bridgehead atoms. The number of benzene rings is 1. The second-order valence-corrected chi connectivity index (χ2v) is 5.24. The second-order valence-electron chi connectivity index (χ2n) is 5.24. The number of amides is 1. The molecule has 3 rings (SSSR count). The van der Waals surface area contributed by atoms with E-state index in [-0.39, 0.29) is 5.78 Å². The van der Waals surface area contributed by atoms with Crippen molar-refractivity contribution in [2.75, 3.05) is 13.1 Å². The van der Waals surface area contributed by atoms with Crippen molar-refractivity contribution in [2.45, 2.75) is 18.4 Å².